The molecule has 1 aromatic carbocycles. The van der Waals surface area contributed by atoms with Gasteiger partial charge in [0.25, 0.3) is 0 Å². The lowest BCUT2D eigenvalue weighted by molar-refractivity contribution is -0.125. The number of nitrogen functional groups attached to an aromatic ring is 1. The second-order valence-electron chi connectivity index (χ2n) is 3.89. The van der Waals surface area contributed by atoms with Crippen LogP contribution in [0, 0.1) is 0 Å². The number of rotatable bonds is 1. The Bertz CT molecular complexity index is 411. The standard InChI is InChI=1S/C12H14N2O2/c13-9-5-1-2-6-10(9)14-11(15)7-3-4-8-12(14)16/h1-2,5-6H,3-4,7-8,13H2. The zero-order valence-electron chi connectivity index (χ0n) is 8.98. The van der Waals surface area contributed by atoms with E-state index in [2.05, 4.69) is 0 Å². The number of nitrogens with two attached hydrogens (primary N) is 1. The molecule has 0 saturated carbocycles. The molecule has 0 spiro atoms. The summed E-state index contributed by atoms with van der Waals surface area (Å²) in [7, 11) is 0. The van der Waals surface area contributed by atoms with Crippen LogP contribution in [-0.2, 0) is 9.59 Å². The minimum atomic E-state index is -0.152. The average molecular weight is 218 g/mol. The summed E-state index contributed by atoms with van der Waals surface area (Å²) in [5, 5.41) is 0. The van der Waals surface area contributed by atoms with E-state index in [4.69, 9.17) is 5.73 Å². The zero-order chi connectivity index (χ0) is 11.5. The highest BCUT2D eigenvalue weighted by Gasteiger charge is 2.26. The van der Waals surface area contributed by atoms with E-state index in [0.717, 1.165) is 12.8 Å². The van der Waals surface area contributed by atoms with Crippen LogP contribution in [0.4, 0.5) is 11.4 Å². The largest absolute Gasteiger partial charge is 0.397 e. The SMILES string of the molecule is Nc1ccccc1N1C(=O)CCCCC1=O. The predicted molar refractivity (Wildman–Crippen MR) is 61.8 cm³/mol. The lowest BCUT2D eigenvalue weighted by Gasteiger charge is -2.20. The van der Waals surface area contributed by atoms with Gasteiger partial charge in [0.15, 0.2) is 0 Å². The lowest BCUT2D eigenvalue weighted by Crippen LogP contribution is -2.35. The monoisotopic (exact) mass is 218 g/mol. The van der Waals surface area contributed by atoms with E-state index < -0.39 is 0 Å². The van der Waals surface area contributed by atoms with Crippen LogP contribution in [0.1, 0.15) is 25.7 Å². The smallest absolute Gasteiger partial charge is 0.233 e. The minimum Gasteiger partial charge on any atom is -0.397 e. The fourth-order valence-corrected chi connectivity index (χ4v) is 1.88. The number of imide groups is 1. The van der Waals surface area contributed by atoms with Crippen molar-refractivity contribution in [3.8, 4) is 0 Å². The molecule has 16 heavy (non-hydrogen) atoms. The average Bonchev–Trinajstić information content (AvgIpc) is 2.42. The van der Waals surface area contributed by atoms with Gasteiger partial charge in [0.1, 0.15) is 0 Å². The number of carbonyl (C=O) groups excluding carboxylic acids is 2. The first-order valence-electron chi connectivity index (χ1n) is 5.40. The van der Waals surface area contributed by atoms with E-state index in [-0.39, 0.29) is 11.8 Å². The van der Waals surface area contributed by atoms with E-state index >= 15 is 0 Å². The van der Waals surface area contributed by atoms with E-state index in [0.29, 0.717) is 24.2 Å². The summed E-state index contributed by atoms with van der Waals surface area (Å²) < 4.78 is 0. The Hall–Kier alpha value is -1.84. The number of anilines is 2. The molecule has 1 aromatic rings. The van der Waals surface area contributed by atoms with Crippen molar-refractivity contribution in [1.82, 2.24) is 0 Å². The van der Waals surface area contributed by atoms with Crippen molar-refractivity contribution in [3.63, 3.8) is 0 Å². The molecule has 2 rings (SSSR count). The van der Waals surface area contributed by atoms with Gasteiger partial charge in [-0.05, 0) is 25.0 Å². The third-order valence-electron chi connectivity index (χ3n) is 2.71. The van der Waals surface area contributed by atoms with Gasteiger partial charge in [0.2, 0.25) is 11.8 Å². The van der Waals surface area contributed by atoms with Gasteiger partial charge in [0.05, 0.1) is 11.4 Å². The van der Waals surface area contributed by atoms with Crippen molar-refractivity contribution in [1.29, 1.82) is 0 Å². The first-order valence-corrected chi connectivity index (χ1v) is 5.40. The van der Waals surface area contributed by atoms with Crippen LogP contribution in [0.3, 0.4) is 0 Å². The zero-order valence-corrected chi connectivity index (χ0v) is 8.98. The molecule has 0 unspecified atom stereocenters. The number of amides is 2. The van der Waals surface area contributed by atoms with E-state index in [9.17, 15) is 9.59 Å². The second-order valence-corrected chi connectivity index (χ2v) is 3.89. The molecule has 0 bridgehead atoms. The molecule has 2 amide bonds. The molecule has 84 valence electrons. The Morgan fingerprint density at radius 3 is 2.12 bits per heavy atom. The van der Waals surface area contributed by atoms with Gasteiger partial charge < -0.3 is 5.73 Å². The van der Waals surface area contributed by atoms with Crippen molar-refractivity contribution in [2.45, 2.75) is 25.7 Å². The fraction of sp³-hybridized carbons (Fsp3) is 0.333. The molecule has 1 fully saturated rings. The molecule has 0 aromatic heterocycles. The van der Waals surface area contributed by atoms with Crippen LogP contribution >= 0.6 is 0 Å². The van der Waals surface area contributed by atoms with E-state index in [1.807, 2.05) is 0 Å². The number of hydrogen-bond donors (Lipinski definition) is 1. The molecular weight excluding hydrogens is 204 g/mol. The van der Waals surface area contributed by atoms with E-state index in [1.54, 1.807) is 24.3 Å². The molecule has 4 heteroatoms. The molecular formula is C12H14N2O2. The summed E-state index contributed by atoms with van der Waals surface area (Å²) in [6.07, 6.45) is 2.38. The maximum atomic E-state index is 11.8. The maximum absolute atomic E-state index is 11.8. The van der Waals surface area contributed by atoms with Gasteiger partial charge >= 0.3 is 0 Å². The second kappa shape index (κ2) is 4.35. The highest BCUT2D eigenvalue weighted by atomic mass is 16.2. The third kappa shape index (κ3) is 1.91. The van der Waals surface area contributed by atoms with E-state index in [1.165, 1.54) is 4.90 Å². The summed E-state index contributed by atoms with van der Waals surface area (Å²) in [4.78, 5) is 24.9. The molecule has 1 aliphatic heterocycles. The van der Waals surface area contributed by atoms with Crippen LogP contribution in [-0.4, -0.2) is 11.8 Å². The highest BCUT2D eigenvalue weighted by Crippen LogP contribution is 2.26. The Labute approximate surface area is 94.0 Å². The number of benzene rings is 1. The fourth-order valence-electron chi connectivity index (χ4n) is 1.88. The normalized spacial score (nSPS) is 17.4. The summed E-state index contributed by atoms with van der Waals surface area (Å²) in [5.74, 6) is -0.305. The van der Waals surface area contributed by atoms with Gasteiger partial charge in [-0.1, -0.05) is 12.1 Å². The third-order valence-corrected chi connectivity index (χ3v) is 2.71. The molecule has 0 radical (unpaired) electrons. The summed E-state index contributed by atoms with van der Waals surface area (Å²) in [5.41, 5.74) is 6.76. The topological polar surface area (TPSA) is 63.4 Å². The van der Waals surface area contributed by atoms with Crippen LogP contribution < -0.4 is 10.6 Å². The first kappa shape index (κ1) is 10.7. The minimum absolute atomic E-state index is 0.152. The van der Waals surface area contributed by atoms with Crippen molar-refractivity contribution in [2.75, 3.05) is 10.6 Å². The van der Waals surface area contributed by atoms with Crippen molar-refractivity contribution in [2.24, 2.45) is 0 Å². The lowest BCUT2D eigenvalue weighted by atomic mass is 10.2. The van der Waals surface area contributed by atoms with Crippen LogP contribution in [0.5, 0.6) is 0 Å². The van der Waals surface area contributed by atoms with Crippen LogP contribution in [0.25, 0.3) is 0 Å². The predicted octanol–water partition coefficient (Wildman–Crippen LogP) is 1.70. The number of nitrogens with zero attached hydrogens (tertiary/aromatic N) is 1. The molecule has 1 aliphatic rings. The van der Waals surface area contributed by atoms with Gasteiger partial charge in [-0.15, -0.1) is 0 Å². The van der Waals surface area contributed by atoms with Crippen LogP contribution in [0.15, 0.2) is 24.3 Å². The summed E-state index contributed by atoms with van der Waals surface area (Å²) >= 11 is 0. The highest BCUT2D eigenvalue weighted by molar-refractivity contribution is 6.16. The van der Waals surface area contributed by atoms with Gasteiger partial charge in [-0.2, -0.15) is 0 Å². The van der Waals surface area contributed by atoms with Gasteiger partial charge in [-0.3, -0.25) is 9.59 Å². The molecule has 2 N–H and O–H groups in total. The quantitative estimate of drug-likeness (QED) is 0.576. The first-order chi connectivity index (χ1) is 7.70. The Morgan fingerprint density at radius 2 is 1.56 bits per heavy atom. The Morgan fingerprint density at radius 1 is 1.00 bits per heavy atom. The van der Waals surface area contributed by atoms with Crippen molar-refractivity contribution < 1.29 is 9.59 Å². The van der Waals surface area contributed by atoms with Gasteiger partial charge in [-0.25, -0.2) is 4.90 Å². The Balaban J connectivity index is 2.40. The number of hydrogen-bond acceptors (Lipinski definition) is 3. The molecule has 1 saturated heterocycles. The summed E-state index contributed by atoms with van der Waals surface area (Å²) in [6.45, 7) is 0. The number of para-hydroxylation sites is 2. The van der Waals surface area contributed by atoms with Crippen molar-refractivity contribution >= 4 is 23.2 Å². The number of carbonyl (C=O) groups is 2. The molecule has 0 aliphatic carbocycles. The molecule has 1 heterocycles. The Kier molecular flexibility index (Phi) is 2.90. The maximum Gasteiger partial charge on any atom is 0.233 e. The molecule has 0 atom stereocenters. The molecule has 4 nitrogen and oxygen atoms in total. The van der Waals surface area contributed by atoms with Gasteiger partial charge in [0, 0.05) is 12.8 Å². The van der Waals surface area contributed by atoms with Crippen molar-refractivity contribution in [3.05, 3.63) is 24.3 Å². The summed E-state index contributed by atoms with van der Waals surface area (Å²) in [6, 6.07) is 6.96. The van der Waals surface area contributed by atoms with Crippen LogP contribution in [0.2, 0.25) is 0 Å².